The Hall–Kier alpha value is -2.20. The van der Waals surface area contributed by atoms with Crippen molar-refractivity contribution >= 4 is 27.7 Å². The van der Waals surface area contributed by atoms with E-state index in [9.17, 15) is 0 Å². The summed E-state index contributed by atoms with van der Waals surface area (Å²) in [6.07, 6.45) is 14.2. The van der Waals surface area contributed by atoms with Crippen molar-refractivity contribution in [2.24, 2.45) is 17.8 Å². The molecule has 2 aliphatic carbocycles. The molecular formula is C23H27BrN6. The van der Waals surface area contributed by atoms with E-state index in [4.69, 9.17) is 5.26 Å². The van der Waals surface area contributed by atoms with Crippen LogP contribution in [0.3, 0.4) is 0 Å². The zero-order valence-corrected chi connectivity index (χ0v) is 18.6. The fraction of sp³-hybridized carbons (Fsp3) is 0.565. The summed E-state index contributed by atoms with van der Waals surface area (Å²) < 4.78 is 1.07. The Labute approximate surface area is 186 Å². The van der Waals surface area contributed by atoms with Gasteiger partial charge in [0.25, 0.3) is 0 Å². The van der Waals surface area contributed by atoms with E-state index >= 15 is 0 Å². The Kier molecular flexibility index (Phi) is 5.60. The summed E-state index contributed by atoms with van der Waals surface area (Å²) in [6, 6.07) is 7.19. The molecule has 3 fully saturated rings. The topological polar surface area (TPSA) is 77.7 Å². The second kappa shape index (κ2) is 8.50. The summed E-state index contributed by atoms with van der Waals surface area (Å²) in [6.45, 7) is 1.06. The maximum absolute atomic E-state index is 9.01. The number of rotatable bonds is 5. The zero-order chi connectivity index (χ0) is 20.5. The van der Waals surface area contributed by atoms with Crippen LogP contribution in [0.5, 0.6) is 0 Å². The molecule has 1 N–H and O–H groups in total. The Morgan fingerprint density at radius 2 is 1.97 bits per heavy atom. The Morgan fingerprint density at radius 1 is 1.13 bits per heavy atom. The summed E-state index contributed by atoms with van der Waals surface area (Å²) in [4.78, 5) is 15.9. The van der Waals surface area contributed by atoms with E-state index in [0.29, 0.717) is 29.5 Å². The van der Waals surface area contributed by atoms with E-state index in [1.807, 2.05) is 12.3 Å². The van der Waals surface area contributed by atoms with E-state index < -0.39 is 0 Å². The number of anilines is 2. The standard InChI is InChI=1S/C23H27BrN6/c24-19-5-6-26-22(10-19)29-20-4-2-1-3-17(20)9-18-7-15-8-21(18)30(14-15)23-27-12-16(11-25)13-28-23/h5-6,10,12-13,15,17-18,20-21H,1-4,7-9,14H2,(H,26,29)/t15-,17+,18-,20-,21-/m1/s1. The number of nitrogens with one attached hydrogen (secondary N) is 1. The minimum absolute atomic E-state index is 0.499. The predicted octanol–water partition coefficient (Wildman–Crippen LogP) is 4.78. The zero-order valence-electron chi connectivity index (χ0n) is 17.0. The quantitative estimate of drug-likeness (QED) is 0.682. The van der Waals surface area contributed by atoms with Crippen LogP contribution >= 0.6 is 15.9 Å². The van der Waals surface area contributed by atoms with Gasteiger partial charge in [-0.15, -0.1) is 0 Å². The van der Waals surface area contributed by atoms with Crippen molar-refractivity contribution < 1.29 is 0 Å². The van der Waals surface area contributed by atoms with Gasteiger partial charge in [0.1, 0.15) is 11.9 Å². The number of hydrogen-bond acceptors (Lipinski definition) is 6. The first-order chi connectivity index (χ1) is 14.7. The van der Waals surface area contributed by atoms with Gasteiger partial charge in [0, 0.05) is 29.3 Å². The molecule has 3 heterocycles. The highest BCUT2D eigenvalue weighted by Crippen LogP contribution is 2.47. The van der Waals surface area contributed by atoms with Crippen LogP contribution in [0.4, 0.5) is 11.8 Å². The van der Waals surface area contributed by atoms with E-state index in [1.165, 1.54) is 44.9 Å². The van der Waals surface area contributed by atoms with E-state index in [2.05, 4.69) is 53.2 Å². The van der Waals surface area contributed by atoms with Gasteiger partial charge in [0.2, 0.25) is 5.95 Å². The SMILES string of the molecule is N#Cc1cnc(N2C[C@@H]3C[C@H](C[C@@H]4CCCC[C@H]4Nc4cc(Br)ccn4)[C@H]2C3)nc1. The Morgan fingerprint density at radius 3 is 2.73 bits per heavy atom. The lowest BCUT2D eigenvalue weighted by atomic mass is 9.77. The lowest BCUT2D eigenvalue weighted by Crippen LogP contribution is -2.42. The fourth-order valence-corrected chi connectivity index (χ4v) is 6.25. The van der Waals surface area contributed by atoms with E-state index in [0.717, 1.165) is 28.7 Å². The van der Waals surface area contributed by atoms with Crippen molar-refractivity contribution in [1.82, 2.24) is 15.0 Å². The summed E-state index contributed by atoms with van der Waals surface area (Å²) in [5.74, 6) is 3.91. The number of fused-ring (bicyclic) bond motifs is 2. The average Bonchev–Trinajstić information content (AvgIpc) is 3.36. The molecule has 2 aromatic rings. The maximum atomic E-state index is 9.01. The lowest BCUT2D eigenvalue weighted by molar-refractivity contribution is 0.242. The van der Waals surface area contributed by atoms with Gasteiger partial charge >= 0.3 is 0 Å². The molecular weight excluding hydrogens is 440 g/mol. The fourth-order valence-electron chi connectivity index (χ4n) is 5.91. The van der Waals surface area contributed by atoms with Crippen LogP contribution in [-0.2, 0) is 0 Å². The van der Waals surface area contributed by atoms with Crippen LogP contribution in [0.1, 0.15) is 50.5 Å². The van der Waals surface area contributed by atoms with Gasteiger partial charge in [0.05, 0.1) is 18.0 Å². The lowest BCUT2D eigenvalue weighted by Gasteiger charge is -2.39. The molecule has 7 heteroatoms. The molecule has 0 aromatic carbocycles. The van der Waals surface area contributed by atoms with Crippen molar-refractivity contribution in [2.75, 3.05) is 16.8 Å². The second-order valence-corrected chi connectivity index (χ2v) is 10.0. The molecule has 3 aliphatic rings. The summed E-state index contributed by atoms with van der Waals surface area (Å²) in [5, 5.41) is 12.7. The van der Waals surface area contributed by atoms with Gasteiger partial charge in [-0.1, -0.05) is 28.8 Å². The highest BCUT2D eigenvalue weighted by molar-refractivity contribution is 9.10. The molecule has 5 atom stereocenters. The number of pyridine rings is 1. The minimum atomic E-state index is 0.499. The third-order valence-corrected chi connectivity index (χ3v) is 7.70. The molecule has 6 nitrogen and oxygen atoms in total. The number of aromatic nitrogens is 3. The van der Waals surface area contributed by atoms with Crippen LogP contribution in [-0.4, -0.2) is 33.6 Å². The highest BCUT2D eigenvalue weighted by atomic mass is 79.9. The smallest absolute Gasteiger partial charge is 0.225 e. The number of halogens is 1. The first kappa shape index (κ1) is 19.7. The van der Waals surface area contributed by atoms with Gasteiger partial charge in [-0.25, -0.2) is 15.0 Å². The van der Waals surface area contributed by atoms with Gasteiger partial charge in [-0.2, -0.15) is 5.26 Å². The predicted molar refractivity (Wildman–Crippen MR) is 120 cm³/mol. The number of nitriles is 1. The second-order valence-electron chi connectivity index (χ2n) is 9.09. The Balaban J connectivity index is 1.27. The monoisotopic (exact) mass is 466 g/mol. The number of hydrogen-bond donors (Lipinski definition) is 1. The first-order valence-corrected chi connectivity index (χ1v) is 11.9. The third kappa shape index (κ3) is 4.02. The van der Waals surface area contributed by atoms with Gasteiger partial charge < -0.3 is 10.2 Å². The molecule has 5 rings (SSSR count). The van der Waals surface area contributed by atoms with Crippen molar-refractivity contribution in [3.05, 3.63) is 40.8 Å². The van der Waals surface area contributed by atoms with Gasteiger partial charge in [-0.3, -0.25) is 0 Å². The van der Waals surface area contributed by atoms with Crippen LogP contribution in [0.2, 0.25) is 0 Å². The van der Waals surface area contributed by atoms with Gasteiger partial charge in [0.15, 0.2) is 0 Å². The molecule has 0 unspecified atom stereocenters. The molecule has 2 saturated carbocycles. The normalized spacial score (nSPS) is 30.3. The minimum Gasteiger partial charge on any atom is -0.367 e. The van der Waals surface area contributed by atoms with Crippen LogP contribution in [0.15, 0.2) is 35.2 Å². The average molecular weight is 467 g/mol. The Bertz CT molecular complexity index is 926. The summed E-state index contributed by atoms with van der Waals surface area (Å²) in [7, 11) is 0. The molecule has 0 radical (unpaired) electrons. The third-order valence-electron chi connectivity index (χ3n) is 7.20. The molecule has 30 heavy (non-hydrogen) atoms. The molecule has 1 aliphatic heterocycles. The highest BCUT2D eigenvalue weighted by Gasteiger charge is 2.47. The van der Waals surface area contributed by atoms with Crippen LogP contribution in [0.25, 0.3) is 0 Å². The molecule has 0 amide bonds. The summed E-state index contributed by atoms with van der Waals surface area (Å²) >= 11 is 3.56. The maximum Gasteiger partial charge on any atom is 0.225 e. The molecule has 2 aromatic heterocycles. The van der Waals surface area contributed by atoms with Crippen molar-refractivity contribution in [3.63, 3.8) is 0 Å². The molecule has 0 spiro atoms. The number of nitrogens with zero attached hydrogens (tertiary/aromatic N) is 5. The molecule has 2 bridgehead atoms. The van der Waals surface area contributed by atoms with Gasteiger partial charge in [-0.05, 0) is 62.0 Å². The largest absolute Gasteiger partial charge is 0.367 e. The molecule has 1 saturated heterocycles. The van der Waals surface area contributed by atoms with Crippen LogP contribution in [0, 0.1) is 29.1 Å². The van der Waals surface area contributed by atoms with E-state index in [1.54, 1.807) is 12.4 Å². The van der Waals surface area contributed by atoms with Crippen molar-refractivity contribution in [1.29, 1.82) is 5.26 Å². The van der Waals surface area contributed by atoms with Crippen LogP contribution < -0.4 is 10.2 Å². The van der Waals surface area contributed by atoms with Crippen molar-refractivity contribution in [3.8, 4) is 6.07 Å². The van der Waals surface area contributed by atoms with Crippen molar-refractivity contribution in [2.45, 2.75) is 57.0 Å². The van der Waals surface area contributed by atoms with E-state index in [-0.39, 0.29) is 0 Å². The first-order valence-electron chi connectivity index (χ1n) is 11.1. The molecule has 156 valence electrons. The summed E-state index contributed by atoms with van der Waals surface area (Å²) in [5.41, 5.74) is 0.525. The number of piperidine rings is 1.